The summed E-state index contributed by atoms with van der Waals surface area (Å²) in [7, 11) is -3.49. The van der Waals surface area contributed by atoms with Crippen LogP contribution in [0.1, 0.15) is 13.8 Å². The van der Waals surface area contributed by atoms with E-state index in [4.69, 9.17) is 0 Å². The third-order valence-corrected chi connectivity index (χ3v) is 6.55. The molecule has 0 atom stereocenters. The zero-order valence-corrected chi connectivity index (χ0v) is 16.3. The van der Waals surface area contributed by atoms with Crippen LogP contribution >= 0.6 is 0 Å². The topological polar surface area (TPSA) is 105 Å². The molecule has 4 aromatic rings. The van der Waals surface area contributed by atoms with Gasteiger partial charge in [-0.3, -0.25) is 0 Å². The molecule has 144 valence electrons. The fraction of sp³-hybridized carbons (Fsp3) is 0.222. The Morgan fingerprint density at radius 1 is 1.04 bits per heavy atom. The maximum atomic E-state index is 12.6. The Hall–Kier alpha value is -3.11. The Kier molecular flexibility index (Phi) is 4.65. The molecular formula is C18H19N7O2S. The molecule has 0 bridgehead atoms. The van der Waals surface area contributed by atoms with Crippen molar-refractivity contribution in [1.82, 2.24) is 29.3 Å². The van der Waals surface area contributed by atoms with Gasteiger partial charge in [-0.2, -0.15) is 8.82 Å². The lowest BCUT2D eigenvalue weighted by Gasteiger charge is -2.18. The number of benzene rings is 2. The second-order valence-corrected chi connectivity index (χ2v) is 8.04. The summed E-state index contributed by atoms with van der Waals surface area (Å²) in [6.45, 7) is 4.50. The van der Waals surface area contributed by atoms with E-state index in [2.05, 4.69) is 25.8 Å². The predicted molar refractivity (Wildman–Crippen MR) is 106 cm³/mol. The minimum absolute atomic E-state index is 0.252. The molecule has 9 nitrogen and oxygen atoms in total. The van der Waals surface area contributed by atoms with Gasteiger partial charge in [-0.25, -0.2) is 13.4 Å². The molecular weight excluding hydrogens is 378 g/mol. The van der Waals surface area contributed by atoms with Crippen molar-refractivity contribution in [2.75, 3.05) is 18.4 Å². The minimum atomic E-state index is -3.49. The van der Waals surface area contributed by atoms with Crippen LogP contribution in [0.4, 0.5) is 11.5 Å². The third-order valence-electron chi connectivity index (χ3n) is 4.48. The molecule has 0 radical (unpaired) electrons. The maximum Gasteiger partial charge on any atom is 0.243 e. The highest BCUT2D eigenvalue weighted by Gasteiger charge is 2.21. The van der Waals surface area contributed by atoms with Gasteiger partial charge in [0.25, 0.3) is 0 Å². The summed E-state index contributed by atoms with van der Waals surface area (Å²) in [6, 6.07) is 14.1. The predicted octanol–water partition coefficient (Wildman–Crippen LogP) is 2.45. The molecule has 0 aliphatic heterocycles. The quantitative estimate of drug-likeness (QED) is 0.533. The number of rotatable bonds is 6. The Bertz CT molecular complexity index is 1230. The molecule has 0 saturated heterocycles. The molecule has 2 aromatic carbocycles. The van der Waals surface area contributed by atoms with Crippen molar-refractivity contribution in [2.45, 2.75) is 18.7 Å². The first-order valence-corrected chi connectivity index (χ1v) is 10.3. The van der Waals surface area contributed by atoms with Crippen LogP contribution in [0, 0.1) is 0 Å². The number of hydrogen-bond donors (Lipinski definition) is 1. The molecule has 10 heteroatoms. The largest absolute Gasteiger partial charge is 0.337 e. The van der Waals surface area contributed by atoms with E-state index in [0.717, 1.165) is 11.0 Å². The SMILES string of the molecule is CCN(CC)S(=O)(=O)c1ccc(Nc2nc3ccccc3n3nnnc23)cc1. The maximum absolute atomic E-state index is 12.6. The molecule has 1 N–H and O–H groups in total. The molecule has 0 saturated carbocycles. The lowest BCUT2D eigenvalue weighted by Crippen LogP contribution is -2.30. The Morgan fingerprint density at radius 3 is 2.46 bits per heavy atom. The second-order valence-electron chi connectivity index (χ2n) is 6.10. The first kappa shape index (κ1) is 18.3. The van der Waals surface area contributed by atoms with Gasteiger partial charge in [0, 0.05) is 18.8 Å². The van der Waals surface area contributed by atoms with Gasteiger partial charge in [0.2, 0.25) is 15.7 Å². The molecule has 28 heavy (non-hydrogen) atoms. The standard InChI is InChI=1S/C18H19N7O2S/c1-3-24(4-2)28(26,27)14-11-9-13(10-12-14)19-17-18-21-22-23-25(18)16-8-6-5-7-15(16)20-17/h5-12H,3-4H2,1-2H3,(H,19,20). The molecule has 0 aliphatic carbocycles. The van der Waals surface area contributed by atoms with Crippen LogP contribution in [-0.2, 0) is 10.0 Å². The fourth-order valence-electron chi connectivity index (χ4n) is 3.05. The number of hydrogen-bond acceptors (Lipinski definition) is 7. The molecule has 0 unspecified atom stereocenters. The number of para-hydroxylation sites is 2. The Labute approximate surface area is 162 Å². The number of anilines is 2. The fourth-order valence-corrected chi connectivity index (χ4v) is 4.51. The van der Waals surface area contributed by atoms with E-state index in [1.54, 1.807) is 28.8 Å². The summed E-state index contributed by atoms with van der Waals surface area (Å²) in [5.41, 5.74) is 2.71. The first-order chi connectivity index (χ1) is 13.5. The Balaban J connectivity index is 1.69. The highest BCUT2D eigenvalue weighted by atomic mass is 32.2. The van der Waals surface area contributed by atoms with Crippen LogP contribution < -0.4 is 5.32 Å². The van der Waals surface area contributed by atoms with E-state index >= 15 is 0 Å². The molecule has 0 fully saturated rings. The summed E-state index contributed by atoms with van der Waals surface area (Å²) in [4.78, 5) is 4.85. The van der Waals surface area contributed by atoms with Crippen molar-refractivity contribution in [3.05, 3.63) is 48.5 Å². The summed E-state index contributed by atoms with van der Waals surface area (Å²) < 4.78 is 28.3. The normalized spacial score (nSPS) is 12.1. The van der Waals surface area contributed by atoms with Crippen molar-refractivity contribution >= 4 is 38.2 Å². The van der Waals surface area contributed by atoms with E-state index in [1.807, 2.05) is 38.1 Å². The van der Waals surface area contributed by atoms with Gasteiger partial charge in [-0.15, -0.1) is 5.10 Å². The summed E-state index contributed by atoms with van der Waals surface area (Å²) in [5.74, 6) is 0.489. The lowest BCUT2D eigenvalue weighted by atomic mass is 10.3. The van der Waals surface area contributed by atoms with Gasteiger partial charge < -0.3 is 5.32 Å². The number of aromatic nitrogens is 5. The van der Waals surface area contributed by atoms with Crippen LogP contribution in [0.5, 0.6) is 0 Å². The van der Waals surface area contributed by atoms with E-state index in [-0.39, 0.29) is 4.90 Å². The first-order valence-electron chi connectivity index (χ1n) is 8.88. The minimum Gasteiger partial charge on any atom is -0.337 e. The van der Waals surface area contributed by atoms with Gasteiger partial charge in [-0.05, 0) is 46.8 Å². The summed E-state index contributed by atoms with van der Waals surface area (Å²) in [6.07, 6.45) is 0. The van der Waals surface area contributed by atoms with Crippen molar-refractivity contribution in [3.8, 4) is 0 Å². The molecule has 0 aliphatic rings. The summed E-state index contributed by atoms with van der Waals surface area (Å²) in [5, 5.41) is 15.0. The third kappa shape index (κ3) is 3.06. The molecule has 0 spiro atoms. The van der Waals surface area contributed by atoms with Crippen molar-refractivity contribution in [2.24, 2.45) is 0 Å². The lowest BCUT2D eigenvalue weighted by molar-refractivity contribution is 0.445. The van der Waals surface area contributed by atoms with Gasteiger partial charge in [-0.1, -0.05) is 26.0 Å². The van der Waals surface area contributed by atoms with Gasteiger partial charge in [0.15, 0.2) is 5.82 Å². The van der Waals surface area contributed by atoms with E-state index < -0.39 is 10.0 Å². The van der Waals surface area contributed by atoms with Gasteiger partial charge in [0.1, 0.15) is 0 Å². The van der Waals surface area contributed by atoms with Crippen LogP contribution in [0.15, 0.2) is 53.4 Å². The number of sulfonamides is 1. The van der Waals surface area contributed by atoms with Crippen LogP contribution in [0.3, 0.4) is 0 Å². The van der Waals surface area contributed by atoms with E-state index in [9.17, 15) is 8.42 Å². The second kappa shape index (κ2) is 7.13. The van der Waals surface area contributed by atoms with Crippen molar-refractivity contribution < 1.29 is 8.42 Å². The Morgan fingerprint density at radius 2 is 1.75 bits per heavy atom. The number of tetrazole rings is 1. The number of nitrogens with zero attached hydrogens (tertiary/aromatic N) is 6. The van der Waals surface area contributed by atoms with Crippen LogP contribution in [-0.4, -0.2) is 50.8 Å². The van der Waals surface area contributed by atoms with E-state index in [1.165, 1.54) is 4.31 Å². The molecule has 4 rings (SSSR count). The molecule has 0 amide bonds. The highest BCUT2D eigenvalue weighted by molar-refractivity contribution is 7.89. The van der Waals surface area contributed by atoms with Crippen molar-refractivity contribution in [1.29, 1.82) is 0 Å². The average Bonchev–Trinajstić information content (AvgIpc) is 3.20. The smallest absolute Gasteiger partial charge is 0.243 e. The monoisotopic (exact) mass is 397 g/mol. The molecule has 2 aromatic heterocycles. The highest BCUT2D eigenvalue weighted by Crippen LogP contribution is 2.24. The number of nitrogens with one attached hydrogen (secondary N) is 1. The molecule has 2 heterocycles. The van der Waals surface area contributed by atoms with Crippen LogP contribution in [0.2, 0.25) is 0 Å². The number of fused-ring (bicyclic) bond motifs is 3. The van der Waals surface area contributed by atoms with Gasteiger partial charge >= 0.3 is 0 Å². The van der Waals surface area contributed by atoms with Gasteiger partial charge in [0.05, 0.1) is 15.9 Å². The summed E-state index contributed by atoms with van der Waals surface area (Å²) >= 11 is 0. The zero-order chi connectivity index (χ0) is 19.7. The zero-order valence-electron chi connectivity index (χ0n) is 15.4. The average molecular weight is 397 g/mol. The van der Waals surface area contributed by atoms with Crippen LogP contribution in [0.25, 0.3) is 16.7 Å². The van der Waals surface area contributed by atoms with Crippen molar-refractivity contribution in [3.63, 3.8) is 0 Å². The van der Waals surface area contributed by atoms with E-state index in [0.29, 0.717) is 30.2 Å².